The summed E-state index contributed by atoms with van der Waals surface area (Å²) in [6.45, 7) is 8.80. The number of hydrogen-bond acceptors (Lipinski definition) is 2. The van der Waals surface area contributed by atoms with Crippen molar-refractivity contribution in [3.8, 4) is 0 Å². The van der Waals surface area contributed by atoms with E-state index in [9.17, 15) is 0 Å². The maximum absolute atomic E-state index is 3.85. The van der Waals surface area contributed by atoms with E-state index < -0.39 is 0 Å². The first-order chi connectivity index (χ1) is 8.61. The molecule has 0 amide bonds. The SMILES string of the molecule is CC1CNC(C)(C2CC2)CN1CC1(C2CC2)CC1. The molecule has 4 fully saturated rings. The maximum atomic E-state index is 3.85. The Morgan fingerprint density at radius 1 is 1.11 bits per heavy atom. The van der Waals surface area contributed by atoms with Crippen molar-refractivity contribution in [3.05, 3.63) is 0 Å². The zero-order chi connectivity index (χ0) is 12.4. The average Bonchev–Trinajstić information content (AvgIpc) is 3.16. The van der Waals surface area contributed by atoms with Gasteiger partial charge in [0.1, 0.15) is 0 Å². The molecule has 2 unspecified atom stereocenters. The van der Waals surface area contributed by atoms with Gasteiger partial charge in [-0.05, 0) is 69.6 Å². The van der Waals surface area contributed by atoms with Crippen LogP contribution in [0.15, 0.2) is 0 Å². The second-order valence-corrected chi connectivity index (χ2v) is 7.96. The van der Waals surface area contributed by atoms with E-state index in [2.05, 4.69) is 24.1 Å². The van der Waals surface area contributed by atoms with E-state index in [1.54, 1.807) is 0 Å². The van der Waals surface area contributed by atoms with E-state index in [0.717, 1.165) is 23.3 Å². The van der Waals surface area contributed by atoms with Gasteiger partial charge in [-0.25, -0.2) is 0 Å². The molecule has 18 heavy (non-hydrogen) atoms. The second kappa shape index (κ2) is 3.73. The Balaban J connectivity index is 1.45. The van der Waals surface area contributed by atoms with Crippen LogP contribution in [0.25, 0.3) is 0 Å². The highest BCUT2D eigenvalue weighted by molar-refractivity contribution is 5.09. The summed E-state index contributed by atoms with van der Waals surface area (Å²) in [7, 11) is 0. The molecule has 0 bridgehead atoms. The summed E-state index contributed by atoms with van der Waals surface area (Å²) >= 11 is 0. The molecule has 2 heteroatoms. The number of rotatable bonds is 4. The van der Waals surface area contributed by atoms with Gasteiger partial charge >= 0.3 is 0 Å². The number of hydrogen-bond donors (Lipinski definition) is 1. The molecule has 0 radical (unpaired) electrons. The molecular formula is C16H28N2. The summed E-state index contributed by atoms with van der Waals surface area (Å²) in [6, 6.07) is 0.744. The molecular weight excluding hydrogens is 220 g/mol. The Hall–Kier alpha value is -0.0800. The Labute approximate surface area is 111 Å². The highest BCUT2D eigenvalue weighted by atomic mass is 15.3. The third-order valence-corrected chi connectivity index (χ3v) is 6.29. The third-order valence-electron chi connectivity index (χ3n) is 6.29. The lowest BCUT2D eigenvalue weighted by Crippen LogP contribution is -2.64. The van der Waals surface area contributed by atoms with E-state index in [1.165, 1.54) is 58.2 Å². The van der Waals surface area contributed by atoms with E-state index in [4.69, 9.17) is 0 Å². The van der Waals surface area contributed by atoms with Crippen LogP contribution in [-0.2, 0) is 0 Å². The van der Waals surface area contributed by atoms with Crippen LogP contribution in [0.4, 0.5) is 0 Å². The van der Waals surface area contributed by atoms with Crippen LogP contribution in [0.1, 0.15) is 52.4 Å². The molecule has 0 aromatic heterocycles. The predicted molar refractivity (Wildman–Crippen MR) is 74.6 cm³/mol. The zero-order valence-corrected chi connectivity index (χ0v) is 12.0. The van der Waals surface area contributed by atoms with Crippen molar-refractivity contribution in [2.24, 2.45) is 17.3 Å². The summed E-state index contributed by atoms with van der Waals surface area (Å²) < 4.78 is 0. The van der Waals surface area contributed by atoms with Gasteiger partial charge in [-0.1, -0.05) is 0 Å². The molecule has 3 saturated carbocycles. The third kappa shape index (κ3) is 1.92. The van der Waals surface area contributed by atoms with Gasteiger partial charge < -0.3 is 5.32 Å². The molecule has 2 nitrogen and oxygen atoms in total. The van der Waals surface area contributed by atoms with Gasteiger partial charge in [0.2, 0.25) is 0 Å². The summed E-state index contributed by atoms with van der Waals surface area (Å²) in [5.74, 6) is 2.07. The Kier molecular flexibility index (Phi) is 2.43. The highest BCUT2D eigenvalue weighted by Gasteiger charge is 2.55. The quantitative estimate of drug-likeness (QED) is 0.823. The minimum Gasteiger partial charge on any atom is -0.308 e. The van der Waals surface area contributed by atoms with Crippen LogP contribution in [0.5, 0.6) is 0 Å². The minimum absolute atomic E-state index is 0.423. The lowest BCUT2D eigenvalue weighted by molar-refractivity contribution is 0.0608. The van der Waals surface area contributed by atoms with Gasteiger partial charge in [-0.3, -0.25) is 4.90 Å². The molecule has 1 saturated heterocycles. The first-order valence-corrected chi connectivity index (χ1v) is 8.10. The smallest absolute Gasteiger partial charge is 0.0309 e. The van der Waals surface area contributed by atoms with Crippen LogP contribution >= 0.6 is 0 Å². The Bertz CT molecular complexity index is 339. The van der Waals surface area contributed by atoms with Crippen molar-refractivity contribution in [2.75, 3.05) is 19.6 Å². The molecule has 0 spiro atoms. The van der Waals surface area contributed by atoms with Gasteiger partial charge in [0.05, 0.1) is 0 Å². The monoisotopic (exact) mass is 248 g/mol. The van der Waals surface area contributed by atoms with Gasteiger partial charge in [0.15, 0.2) is 0 Å². The molecule has 102 valence electrons. The fraction of sp³-hybridized carbons (Fsp3) is 1.00. The van der Waals surface area contributed by atoms with Crippen molar-refractivity contribution in [3.63, 3.8) is 0 Å². The van der Waals surface area contributed by atoms with E-state index >= 15 is 0 Å². The van der Waals surface area contributed by atoms with E-state index in [0.29, 0.717) is 5.54 Å². The van der Waals surface area contributed by atoms with Gasteiger partial charge in [-0.2, -0.15) is 0 Å². The van der Waals surface area contributed by atoms with Crippen molar-refractivity contribution >= 4 is 0 Å². The molecule has 4 aliphatic rings. The molecule has 1 heterocycles. The maximum Gasteiger partial charge on any atom is 0.0309 e. The summed E-state index contributed by atoms with van der Waals surface area (Å²) in [4.78, 5) is 2.83. The van der Waals surface area contributed by atoms with Gasteiger partial charge in [0.25, 0.3) is 0 Å². The number of nitrogens with zero attached hydrogens (tertiary/aromatic N) is 1. The molecule has 4 rings (SSSR count). The van der Waals surface area contributed by atoms with Crippen molar-refractivity contribution < 1.29 is 0 Å². The van der Waals surface area contributed by atoms with Gasteiger partial charge in [0, 0.05) is 31.2 Å². The Morgan fingerprint density at radius 2 is 1.78 bits per heavy atom. The lowest BCUT2D eigenvalue weighted by atomic mass is 9.89. The first kappa shape index (κ1) is 11.7. The van der Waals surface area contributed by atoms with Crippen molar-refractivity contribution in [2.45, 2.75) is 64.0 Å². The largest absolute Gasteiger partial charge is 0.308 e. The molecule has 1 aliphatic heterocycles. The normalized spacial score (nSPS) is 44.0. The van der Waals surface area contributed by atoms with E-state index in [1.807, 2.05) is 0 Å². The molecule has 0 aromatic rings. The summed E-state index contributed by atoms with van der Waals surface area (Å²) in [6.07, 6.45) is 9.02. The highest BCUT2D eigenvalue weighted by Crippen LogP contribution is 2.61. The Morgan fingerprint density at radius 3 is 2.33 bits per heavy atom. The lowest BCUT2D eigenvalue weighted by Gasteiger charge is -2.47. The van der Waals surface area contributed by atoms with Crippen LogP contribution in [0.3, 0.4) is 0 Å². The first-order valence-electron chi connectivity index (χ1n) is 8.10. The molecule has 3 aliphatic carbocycles. The van der Waals surface area contributed by atoms with Crippen molar-refractivity contribution in [1.82, 2.24) is 10.2 Å². The van der Waals surface area contributed by atoms with Gasteiger partial charge in [-0.15, -0.1) is 0 Å². The molecule has 2 atom stereocenters. The fourth-order valence-electron chi connectivity index (χ4n) is 4.31. The van der Waals surface area contributed by atoms with E-state index in [-0.39, 0.29) is 0 Å². The number of piperazine rings is 1. The van der Waals surface area contributed by atoms with Crippen molar-refractivity contribution in [1.29, 1.82) is 0 Å². The minimum atomic E-state index is 0.423. The number of nitrogens with one attached hydrogen (secondary N) is 1. The summed E-state index contributed by atoms with van der Waals surface area (Å²) in [5, 5.41) is 3.85. The average molecular weight is 248 g/mol. The topological polar surface area (TPSA) is 15.3 Å². The standard InChI is InChI=1S/C16H28N2/c1-12-9-17-15(2,13-3-4-13)10-18(12)11-16(7-8-16)14-5-6-14/h12-14,17H,3-11H2,1-2H3. The van der Waals surface area contributed by atoms with Crippen LogP contribution in [-0.4, -0.2) is 36.1 Å². The zero-order valence-electron chi connectivity index (χ0n) is 12.0. The molecule has 1 N–H and O–H groups in total. The second-order valence-electron chi connectivity index (χ2n) is 7.96. The van der Waals surface area contributed by atoms with Crippen LogP contribution < -0.4 is 5.32 Å². The molecule has 0 aromatic carbocycles. The van der Waals surface area contributed by atoms with Crippen LogP contribution in [0.2, 0.25) is 0 Å². The van der Waals surface area contributed by atoms with Crippen LogP contribution in [0, 0.1) is 17.3 Å². The summed E-state index contributed by atoms with van der Waals surface area (Å²) in [5.41, 5.74) is 1.20. The fourth-order valence-corrected chi connectivity index (χ4v) is 4.31. The predicted octanol–water partition coefficient (Wildman–Crippen LogP) is 2.64.